The maximum Gasteiger partial charge on any atom is 0.320 e. The first-order chi connectivity index (χ1) is 9.46. The van der Waals surface area contributed by atoms with Crippen molar-refractivity contribution in [2.24, 2.45) is 0 Å². The Balaban J connectivity index is 2.68. The van der Waals surface area contributed by atoms with Gasteiger partial charge in [-0.15, -0.1) is 0 Å². The van der Waals surface area contributed by atoms with Crippen molar-refractivity contribution in [2.45, 2.75) is 39.2 Å². The van der Waals surface area contributed by atoms with Gasteiger partial charge in [0.25, 0.3) is 0 Å². The lowest BCUT2D eigenvalue weighted by Crippen LogP contribution is -2.52. The maximum absolute atomic E-state index is 11.9. The number of Topliss-reactive ketones (excluding diaryl/α,β-unsaturated/α-hetero) is 1. The average Bonchev–Trinajstić information content (AvgIpc) is 2.45. The quantitative estimate of drug-likeness (QED) is 0.694. The van der Waals surface area contributed by atoms with Crippen LogP contribution >= 0.6 is 0 Å². The van der Waals surface area contributed by atoms with Crippen LogP contribution in [0.15, 0.2) is 18.3 Å². The number of hydrogen-bond acceptors (Lipinski definition) is 4. The van der Waals surface area contributed by atoms with Crippen LogP contribution in [0, 0.1) is 0 Å². The van der Waals surface area contributed by atoms with E-state index in [0.29, 0.717) is 24.2 Å². The molecule has 0 saturated carbocycles. The van der Waals surface area contributed by atoms with E-state index in [0.717, 1.165) is 0 Å². The largest absolute Gasteiger partial charge is 0.394 e. The molecule has 0 atom stereocenters. The van der Waals surface area contributed by atoms with Gasteiger partial charge < -0.3 is 10.4 Å². The summed E-state index contributed by atoms with van der Waals surface area (Å²) >= 11 is 0. The second-order valence-corrected chi connectivity index (χ2v) is 4.71. The van der Waals surface area contributed by atoms with Crippen LogP contribution < -0.4 is 10.6 Å². The van der Waals surface area contributed by atoms with E-state index in [1.165, 1.54) is 13.1 Å². The van der Waals surface area contributed by atoms with Crippen LogP contribution in [0.5, 0.6) is 0 Å². The number of nitrogens with zero attached hydrogens (tertiary/aromatic N) is 1. The van der Waals surface area contributed by atoms with Crippen LogP contribution in [-0.4, -0.2) is 34.1 Å². The van der Waals surface area contributed by atoms with E-state index in [4.69, 9.17) is 0 Å². The number of hydrogen-bond donors (Lipinski definition) is 3. The lowest BCUT2D eigenvalue weighted by atomic mass is 9.94. The molecule has 2 amide bonds. The number of aliphatic hydroxyl groups is 1. The van der Waals surface area contributed by atoms with E-state index in [1.807, 2.05) is 13.8 Å². The molecule has 6 heteroatoms. The zero-order valence-corrected chi connectivity index (χ0v) is 12.1. The Morgan fingerprint density at radius 3 is 2.35 bits per heavy atom. The van der Waals surface area contributed by atoms with Crippen molar-refractivity contribution < 1.29 is 14.7 Å². The first-order valence-electron chi connectivity index (χ1n) is 6.63. The highest BCUT2D eigenvalue weighted by atomic mass is 16.3. The van der Waals surface area contributed by atoms with Gasteiger partial charge >= 0.3 is 6.03 Å². The predicted molar refractivity (Wildman–Crippen MR) is 76.8 cm³/mol. The molecule has 0 aliphatic carbocycles. The molecule has 20 heavy (non-hydrogen) atoms. The van der Waals surface area contributed by atoms with Gasteiger partial charge in [-0.1, -0.05) is 13.8 Å². The number of amides is 2. The molecule has 0 saturated heterocycles. The molecule has 0 radical (unpaired) electrons. The molecular weight excluding hydrogens is 258 g/mol. The van der Waals surface area contributed by atoms with Gasteiger partial charge in [0.1, 0.15) is 5.82 Å². The fraction of sp³-hybridized carbons (Fsp3) is 0.500. The third-order valence-electron chi connectivity index (χ3n) is 3.45. The summed E-state index contributed by atoms with van der Waals surface area (Å²) in [5.74, 6) is 0.274. The fourth-order valence-corrected chi connectivity index (χ4v) is 1.75. The van der Waals surface area contributed by atoms with Crippen LogP contribution in [-0.2, 0) is 0 Å². The molecule has 1 aromatic heterocycles. The highest BCUT2D eigenvalue weighted by molar-refractivity contribution is 5.94. The number of carbonyl (C=O) groups excluding carboxylic acids is 2. The number of aromatic nitrogens is 1. The third kappa shape index (κ3) is 4.03. The Bertz CT molecular complexity index is 459. The molecule has 0 aromatic carbocycles. The van der Waals surface area contributed by atoms with Crippen molar-refractivity contribution in [2.75, 3.05) is 11.9 Å². The molecule has 3 N–H and O–H groups in total. The average molecular weight is 279 g/mol. The maximum atomic E-state index is 11.9. The number of rotatable bonds is 6. The summed E-state index contributed by atoms with van der Waals surface area (Å²) in [7, 11) is 0. The van der Waals surface area contributed by atoms with Gasteiger partial charge in [0.2, 0.25) is 0 Å². The minimum atomic E-state index is -0.622. The zero-order chi connectivity index (χ0) is 15.2. The smallest absolute Gasteiger partial charge is 0.320 e. The second-order valence-electron chi connectivity index (χ2n) is 4.71. The van der Waals surface area contributed by atoms with E-state index in [2.05, 4.69) is 15.6 Å². The van der Waals surface area contributed by atoms with Crippen molar-refractivity contribution in [3.63, 3.8) is 0 Å². The molecule has 0 aliphatic heterocycles. The Kier molecular flexibility index (Phi) is 5.64. The van der Waals surface area contributed by atoms with Gasteiger partial charge in [-0.3, -0.25) is 10.1 Å². The van der Waals surface area contributed by atoms with Crippen LogP contribution in [0.25, 0.3) is 0 Å². The summed E-state index contributed by atoms with van der Waals surface area (Å²) < 4.78 is 0. The molecular formula is C14H21N3O3. The SMILES string of the molecule is CCC(CC)(CO)NC(=O)Nc1ccc(C(C)=O)cn1. The number of aliphatic hydroxyl groups excluding tert-OH is 1. The molecule has 0 spiro atoms. The first-order valence-corrected chi connectivity index (χ1v) is 6.63. The number of carbonyl (C=O) groups is 2. The monoisotopic (exact) mass is 279 g/mol. The summed E-state index contributed by atoms with van der Waals surface area (Å²) in [6.45, 7) is 5.14. The molecule has 0 aliphatic rings. The third-order valence-corrected chi connectivity index (χ3v) is 3.45. The topological polar surface area (TPSA) is 91.3 Å². The minimum Gasteiger partial charge on any atom is -0.394 e. The summed E-state index contributed by atoms with van der Waals surface area (Å²) in [4.78, 5) is 27.0. The number of ketones is 1. The Morgan fingerprint density at radius 1 is 1.30 bits per heavy atom. The summed E-state index contributed by atoms with van der Waals surface area (Å²) in [6, 6.07) is 2.74. The number of pyridine rings is 1. The minimum absolute atomic E-state index is 0.0789. The summed E-state index contributed by atoms with van der Waals surface area (Å²) in [5, 5.41) is 14.7. The molecule has 6 nitrogen and oxygen atoms in total. The van der Waals surface area contributed by atoms with Crippen LogP contribution in [0.3, 0.4) is 0 Å². The predicted octanol–water partition coefficient (Wildman–Crippen LogP) is 1.96. The number of anilines is 1. The van der Waals surface area contributed by atoms with Crippen LogP contribution in [0.2, 0.25) is 0 Å². The van der Waals surface area contributed by atoms with E-state index in [9.17, 15) is 14.7 Å². The fourth-order valence-electron chi connectivity index (χ4n) is 1.75. The summed E-state index contributed by atoms with van der Waals surface area (Å²) in [5.41, 5.74) is -0.133. The molecule has 1 aromatic rings. The van der Waals surface area contributed by atoms with Crippen molar-refractivity contribution in [1.29, 1.82) is 0 Å². The Labute approximate surface area is 118 Å². The van der Waals surface area contributed by atoms with Crippen LogP contribution in [0.4, 0.5) is 10.6 Å². The summed E-state index contributed by atoms with van der Waals surface area (Å²) in [6.07, 6.45) is 2.67. The van der Waals surface area contributed by atoms with Crippen molar-refractivity contribution in [1.82, 2.24) is 10.3 Å². The first kappa shape index (κ1) is 16.1. The molecule has 0 fully saturated rings. The lowest BCUT2D eigenvalue weighted by Gasteiger charge is -2.30. The number of urea groups is 1. The zero-order valence-electron chi connectivity index (χ0n) is 12.1. The lowest BCUT2D eigenvalue weighted by molar-refractivity contribution is 0.101. The molecule has 0 unspecified atom stereocenters. The van der Waals surface area contributed by atoms with Crippen molar-refractivity contribution >= 4 is 17.6 Å². The second kappa shape index (κ2) is 7.00. The van der Waals surface area contributed by atoms with E-state index < -0.39 is 11.6 Å². The molecule has 1 rings (SSSR count). The van der Waals surface area contributed by atoms with Gasteiger partial charge in [0.15, 0.2) is 5.78 Å². The molecule has 0 bridgehead atoms. The van der Waals surface area contributed by atoms with Gasteiger partial charge in [0.05, 0.1) is 12.1 Å². The van der Waals surface area contributed by atoms with Gasteiger partial charge in [-0.05, 0) is 31.9 Å². The van der Waals surface area contributed by atoms with Gasteiger partial charge in [-0.25, -0.2) is 9.78 Å². The van der Waals surface area contributed by atoms with E-state index in [1.54, 1.807) is 12.1 Å². The van der Waals surface area contributed by atoms with Crippen molar-refractivity contribution in [3.8, 4) is 0 Å². The van der Waals surface area contributed by atoms with E-state index >= 15 is 0 Å². The van der Waals surface area contributed by atoms with Crippen molar-refractivity contribution in [3.05, 3.63) is 23.9 Å². The van der Waals surface area contributed by atoms with Gasteiger partial charge in [-0.2, -0.15) is 0 Å². The normalized spacial score (nSPS) is 11.0. The van der Waals surface area contributed by atoms with E-state index in [-0.39, 0.29) is 12.4 Å². The Morgan fingerprint density at radius 2 is 1.95 bits per heavy atom. The molecule has 1 heterocycles. The Hall–Kier alpha value is -1.95. The highest BCUT2D eigenvalue weighted by Gasteiger charge is 2.27. The number of nitrogens with one attached hydrogen (secondary N) is 2. The molecule has 110 valence electrons. The standard InChI is InChI=1S/C14H21N3O3/c1-4-14(5-2,9-18)17-13(20)16-12-7-6-11(8-15-12)10(3)19/h6-8,18H,4-5,9H2,1-3H3,(H2,15,16,17,20). The van der Waals surface area contributed by atoms with Crippen LogP contribution in [0.1, 0.15) is 44.0 Å². The highest BCUT2D eigenvalue weighted by Crippen LogP contribution is 2.14. The van der Waals surface area contributed by atoms with Gasteiger partial charge in [0, 0.05) is 11.8 Å².